The first-order valence-corrected chi connectivity index (χ1v) is 7.06. The van der Waals surface area contributed by atoms with Gasteiger partial charge in [0, 0.05) is 10.7 Å². The Labute approximate surface area is 129 Å². The molecule has 2 aromatic carbocycles. The average Bonchev–Trinajstić information content (AvgIpc) is 2.45. The molecule has 0 bridgehead atoms. The molecule has 0 fully saturated rings. The van der Waals surface area contributed by atoms with Crippen LogP contribution in [-0.4, -0.2) is 13.1 Å². The third-order valence-corrected chi connectivity index (χ3v) is 3.64. The fraction of sp³-hybridized carbons (Fsp3) is 0.235. The highest BCUT2D eigenvalue weighted by Crippen LogP contribution is 2.27. The Bertz CT molecular complexity index is 635. The highest BCUT2D eigenvalue weighted by atomic mass is 35.5. The lowest BCUT2D eigenvalue weighted by molar-refractivity contribution is -0.141. The van der Waals surface area contributed by atoms with E-state index in [1.54, 1.807) is 12.1 Å². The van der Waals surface area contributed by atoms with Crippen molar-refractivity contribution in [1.82, 2.24) is 0 Å². The van der Waals surface area contributed by atoms with Crippen molar-refractivity contribution < 1.29 is 9.53 Å². The first-order chi connectivity index (χ1) is 10.0. The molecule has 0 aliphatic carbocycles. The second-order valence-electron chi connectivity index (χ2n) is 4.92. The van der Waals surface area contributed by atoms with Crippen molar-refractivity contribution in [1.29, 1.82) is 0 Å². The molecule has 0 saturated carbocycles. The Kier molecular flexibility index (Phi) is 4.86. The predicted octanol–water partition coefficient (Wildman–Crippen LogP) is 4.28. The SMILES string of the molecule is COC(=O)C(Nc1cccc(Cl)c1)c1c(C)cccc1C. The summed E-state index contributed by atoms with van der Waals surface area (Å²) in [5, 5.41) is 3.83. The summed E-state index contributed by atoms with van der Waals surface area (Å²) in [5.74, 6) is -0.327. The van der Waals surface area contributed by atoms with Crippen LogP contribution in [0.25, 0.3) is 0 Å². The van der Waals surface area contributed by atoms with Crippen molar-refractivity contribution >= 4 is 23.3 Å². The maximum absolute atomic E-state index is 12.2. The molecule has 2 aromatic rings. The second kappa shape index (κ2) is 6.64. The molecular weight excluding hydrogens is 286 g/mol. The van der Waals surface area contributed by atoms with Crippen LogP contribution in [0.1, 0.15) is 22.7 Å². The average molecular weight is 304 g/mol. The van der Waals surface area contributed by atoms with E-state index in [0.717, 1.165) is 22.4 Å². The highest BCUT2D eigenvalue weighted by Gasteiger charge is 2.24. The number of anilines is 1. The normalized spacial score (nSPS) is 11.8. The quantitative estimate of drug-likeness (QED) is 0.857. The lowest BCUT2D eigenvalue weighted by Crippen LogP contribution is -2.24. The molecule has 0 aliphatic rings. The van der Waals surface area contributed by atoms with Crippen LogP contribution in [0.5, 0.6) is 0 Å². The fourth-order valence-corrected chi connectivity index (χ4v) is 2.58. The summed E-state index contributed by atoms with van der Waals surface area (Å²) in [6.45, 7) is 3.97. The van der Waals surface area contributed by atoms with Gasteiger partial charge in [0.2, 0.25) is 0 Å². The summed E-state index contributed by atoms with van der Waals surface area (Å²) in [7, 11) is 1.39. The van der Waals surface area contributed by atoms with E-state index in [1.165, 1.54) is 7.11 Å². The van der Waals surface area contributed by atoms with Crippen molar-refractivity contribution in [3.05, 3.63) is 64.2 Å². The lowest BCUT2D eigenvalue weighted by Gasteiger charge is -2.22. The number of carbonyl (C=O) groups excluding carboxylic acids is 1. The summed E-state index contributed by atoms with van der Waals surface area (Å²) in [5.41, 5.74) is 3.80. The number of hydrogen-bond donors (Lipinski definition) is 1. The van der Waals surface area contributed by atoms with Gasteiger partial charge in [0.25, 0.3) is 0 Å². The number of carbonyl (C=O) groups is 1. The van der Waals surface area contributed by atoms with Crippen molar-refractivity contribution in [3.8, 4) is 0 Å². The Balaban J connectivity index is 2.42. The molecule has 0 saturated heterocycles. The van der Waals surface area contributed by atoms with Gasteiger partial charge in [0.1, 0.15) is 0 Å². The fourth-order valence-electron chi connectivity index (χ4n) is 2.39. The van der Waals surface area contributed by atoms with E-state index in [4.69, 9.17) is 16.3 Å². The molecule has 110 valence electrons. The van der Waals surface area contributed by atoms with Crippen LogP contribution >= 0.6 is 11.6 Å². The van der Waals surface area contributed by atoms with Gasteiger partial charge in [-0.2, -0.15) is 0 Å². The molecule has 0 spiro atoms. The van der Waals surface area contributed by atoms with E-state index in [2.05, 4.69) is 5.32 Å². The molecule has 2 rings (SSSR count). The molecule has 0 aliphatic heterocycles. The Morgan fingerprint density at radius 2 is 1.76 bits per heavy atom. The van der Waals surface area contributed by atoms with Gasteiger partial charge in [-0.05, 0) is 48.7 Å². The van der Waals surface area contributed by atoms with E-state index >= 15 is 0 Å². The van der Waals surface area contributed by atoms with Crippen molar-refractivity contribution in [2.45, 2.75) is 19.9 Å². The molecule has 0 heterocycles. The standard InChI is InChI=1S/C17H18ClNO2/c1-11-6-4-7-12(2)15(11)16(17(20)21-3)19-14-9-5-8-13(18)10-14/h4-10,16,19H,1-3H3. The molecule has 3 nitrogen and oxygen atoms in total. The minimum Gasteiger partial charge on any atom is -0.467 e. The van der Waals surface area contributed by atoms with Gasteiger partial charge in [0.15, 0.2) is 6.04 Å². The van der Waals surface area contributed by atoms with Crippen LogP contribution in [0.15, 0.2) is 42.5 Å². The number of methoxy groups -OCH3 is 1. The lowest BCUT2D eigenvalue weighted by atomic mass is 9.96. The maximum Gasteiger partial charge on any atom is 0.333 e. The summed E-state index contributed by atoms with van der Waals surface area (Å²) in [4.78, 5) is 12.2. The van der Waals surface area contributed by atoms with Gasteiger partial charge >= 0.3 is 5.97 Å². The van der Waals surface area contributed by atoms with Crippen LogP contribution < -0.4 is 5.32 Å². The minimum atomic E-state index is -0.560. The zero-order valence-corrected chi connectivity index (χ0v) is 13.1. The Hall–Kier alpha value is -2.00. The van der Waals surface area contributed by atoms with Gasteiger partial charge in [-0.15, -0.1) is 0 Å². The number of esters is 1. The van der Waals surface area contributed by atoms with Gasteiger partial charge in [0.05, 0.1) is 7.11 Å². The van der Waals surface area contributed by atoms with Crippen LogP contribution in [0.3, 0.4) is 0 Å². The van der Waals surface area contributed by atoms with Gasteiger partial charge in [-0.3, -0.25) is 0 Å². The topological polar surface area (TPSA) is 38.3 Å². The number of nitrogens with one attached hydrogen (secondary N) is 1. The van der Waals surface area contributed by atoms with Gasteiger partial charge in [-0.25, -0.2) is 4.79 Å². The summed E-state index contributed by atoms with van der Waals surface area (Å²) < 4.78 is 4.94. The van der Waals surface area contributed by atoms with Crippen LogP contribution in [0.2, 0.25) is 5.02 Å². The van der Waals surface area contributed by atoms with Gasteiger partial charge < -0.3 is 10.1 Å². The Morgan fingerprint density at radius 3 is 2.33 bits per heavy atom. The van der Waals surface area contributed by atoms with E-state index in [1.807, 2.05) is 44.2 Å². The van der Waals surface area contributed by atoms with Crippen LogP contribution in [0.4, 0.5) is 5.69 Å². The highest BCUT2D eigenvalue weighted by molar-refractivity contribution is 6.30. The molecule has 4 heteroatoms. The predicted molar refractivity (Wildman–Crippen MR) is 85.7 cm³/mol. The van der Waals surface area contributed by atoms with Crippen molar-refractivity contribution in [2.24, 2.45) is 0 Å². The van der Waals surface area contributed by atoms with Gasteiger partial charge in [-0.1, -0.05) is 35.9 Å². The van der Waals surface area contributed by atoms with E-state index in [9.17, 15) is 4.79 Å². The summed E-state index contributed by atoms with van der Waals surface area (Å²) in [6, 6.07) is 12.7. The van der Waals surface area contributed by atoms with Crippen molar-refractivity contribution in [3.63, 3.8) is 0 Å². The zero-order chi connectivity index (χ0) is 15.4. The third kappa shape index (κ3) is 3.56. The molecular formula is C17H18ClNO2. The molecule has 21 heavy (non-hydrogen) atoms. The molecule has 1 N–H and O–H groups in total. The second-order valence-corrected chi connectivity index (χ2v) is 5.35. The third-order valence-electron chi connectivity index (χ3n) is 3.40. The molecule has 0 aromatic heterocycles. The summed E-state index contributed by atoms with van der Waals surface area (Å²) >= 11 is 5.99. The number of hydrogen-bond acceptors (Lipinski definition) is 3. The smallest absolute Gasteiger partial charge is 0.333 e. The first kappa shape index (κ1) is 15.4. The number of rotatable bonds is 4. The van der Waals surface area contributed by atoms with E-state index < -0.39 is 6.04 Å². The number of aryl methyl sites for hydroxylation is 2. The number of benzene rings is 2. The number of halogens is 1. The molecule has 0 amide bonds. The molecule has 1 atom stereocenters. The molecule has 0 radical (unpaired) electrons. The molecule has 1 unspecified atom stereocenters. The maximum atomic E-state index is 12.2. The Morgan fingerprint density at radius 1 is 1.14 bits per heavy atom. The van der Waals surface area contributed by atoms with Crippen LogP contribution in [0, 0.1) is 13.8 Å². The van der Waals surface area contributed by atoms with E-state index in [-0.39, 0.29) is 5.97 Å². The summed E-state index contributed by atoms with van der Waals surface area (Å²) in [6.07, 6.45) is 0. The first-order valence-electron chi connectivity index (χ1n) is 6.69. The van der Waals surface area contributed by atoms with Crippen molar-refractivity contribution in [2.75, 3.05) is 12.4 Å². The minimum absolute atomic E-state index is 0.327. The van der Waals surface area contributed by atoms with E-state index in [0.29, 0.717) is 5.02 Å². The van der Waals surface area contributed by atoms with Crippen LogP contribution in [-0.2, 0) is 9.53 Å². The zero-order valence-electron chi connectivity index (χ0n) is 12.3. The number of ether oxygens (including phenoxy) is 1. The largest absolute Gasteiger partial charge is 0.467 e. The monoisotopic (exact) mass is 303 g/mol.